The van der Waals surface area contributed by atoms with Crippen LogP contribution in [-0.2, 0) is 10.2 Å². The number of nitrogens with two attached hydrogens (primary N) is 1. The van der Waals surface area contributed by atoms with Gasteiger partial charge >= 0.3 is 6.18 Å². The van der Waals surface area contributed by atoms with Crippen molar-refractivity contribution in [3.63, 3.8) is 0 Å². The van der Waals surface area contributed by atoms with E-state index in [-0.39, 0.29) is 11.4 Å². The first-order valence-electron chi connectivity index (χ1n) is 4.90. The van der Waals surface area contributed by atoms with E-state index in [9.17, 15) is 21.6 Å². The fraction of sp³-hybridized carbons (Fsp3) is 0.333. The molecule has 0 amide bonds. The molecular formula is C9H12F3N3O3S. The number of hydrogen-bond acceptors (Lipinski definition) is 4. The Morgan fingerprint density at radius 2 is 2.00 bits per heavy atom. The third kappa shape index (κ3) is 5.22. The normalized spacial score (nSPS) is 12.2. The van der Waals surface area contributed by atoms with E-state index in [0.717, 1.165) is 0 Å². The quantitative estimate of drug-likeness (QED) is 0.709. The average Bonchev–Trinajstić information content (AvgIpc) is 2.28. The van der Waals surface area contributed by atoms with Crippen LogP contribution in [0, 0.1) is 0 Å². The molecule has 0 aliphatic rings. The maximum Gasteiger partial charge on any atom is 0.402 e. The van der Waals surface area contributed by atoms with Gasteiger partial charge in [0.2, 0.25) is 0 Å². The molecule has 0 saturated carbocycles. The van der Waals surface area contributed by atoms with E-state index in [0.29, 0.717) is 5.75 Å². The molecule has 10 heteroatoms. The van der Waals surface area contributed by atoms with E-state index in [2.05, 4.69) is 0 Å². The fourth-order valence-electron chi connectivity index (χ4n) is 1.12. The average molecular weight is 299 g/mol. The molecule has 0 aromatic heterocycles. The molecular weight excluding hydrogens is 287 g/mol. The Balaban J connectivity index is 2.78. The second kappa shape index (κ2) is 5.53. The molecule has 0 radical (unpaired) electrons. The molecule has 19 heavy (non-hydrogen) atoms. The van der Waals surface area contributed by atoms with Crippen molar-refractivity contribution < 1.29 is 26.3 Å². The maximum absolute atomic E-state index is 11.9. The van der Waals surface area contributed by atoms with E-state index in [4.69, 9.17) is 10.5 Å². The standard InChI is InChI=1S/C9H12F3N3O3S/c1-18-6-2-3-8(7(13)4-6)15-19(16,17)14-5-9(10,11)12/h2-4,14-15H,5,13H2,1H3. The number of methoxy groups -OCH3 is 1. The van der Waals surface area contributed by atoms with Crippen LogP contribution in [-0.4, -0.2) is 28.2 Å². The summed E-state index contributed by atoms with van der Waals surface area (Å²) in [5.74, 6) is 0.392. The summed E-state index contributed by atoms with van der Waals surface area (Å²) < 4.78 is 66.5. The molecule has 0 aliphatic carbocycles. The predicted molar refractivity (Wildman–Crippen MR) is 64.0 cm³/mol. The number of hydrogen-bond donors (Lipinski definition) is 3. The molecule has 0 bridgehead atoms. The summed E-state index contributed by atoms with van der Waals surface area (Å²) in [7, 11) is -2.96. The van der Waals surface area contributed by atoms with Crippen LogP contribution in [0.3, 0.4) is 0 Å². The number of rotatable bonds is 5. The Morgan fingerprint density at radius 1 is 1.37 bits per heavy atom. The van der Waals surface area contributed by atoms with Gasteiger partial charge in [-0.2, -0.15) is 26.3 Å². The molecule has 1 rings (SSSR count). The van der Waals surface area contributed by atoms with Crippen LogP contribution in [0.4, 0.5) is 24.5 Å². The van der Waals surface area contributed by atoms with Crippen LogP contribution in [0.1, 0.15) is 0 Å². The van der Waals surface area contributed by atoms with Gasteiger partial charge in [0.25, 0.3) is 10.2 Å². The number of ether oxygens (including phenoxy) is 1. The number of alkyl halides is 3. The summed E-state index contributed by atoms with van der Waals surface area (Å²) in [5.41, 5.74) is 5.51. The zero-order chi connectivity index (χ0) is 14.7. The van der Waals surface area contributed by atoms with Gasteiger partial charge < -0.3 is 10.5 Å². The van der Waals surface area contributed by atoms with Crippen molar-refractivity contribution in [2.24, 2.45) is 0 Å². The first-order valence-corrected chi connectivity index (χ1v) is 6.39. The third-order valence-corrected chi connectivity index (χ3v) is 2.98. The summed E-state index contributed by atoms with van der Waals surface area (Å²) in [6.07, 6.45) is -4.64. The first-order chi connectivity index (χ1) is 8.63. The van der Waals surface area contributed by atoms with Gasteiger partial charge in [-0.15, -0.1) is 0 Å². The molecule has 1 aromatic rings. The highest BCUT2D eigenvalue weighted by molar-refractivity contribution is 7.90. The Morgan fingerprint density at radius 3 is 2.47 bits per heavy atom. The maximum atomic E-state index is 11.9. The van der Waals surface area contributed by atoms with Crippen molar-refractivity contribution in [1.29, 1.82) is 0 Å². The third-order valence-electron chi connectivity index (χ3n) is 1.97. The van der Waals surface area contributed by atoms with Crippen LogP contribution in [0.25, 0.3) is 0 Å². The van der Waals surface area contributed by atoms with Crippen LogP contribution in [0.2, 0.25) is 0 Å². The number of nitrogen functional groups attached to an aromatic ring is 1. The monoisotopic (exact) mass is 299 g/mol. The largest absolute Gasteiger partial charge is 0.497 e. The van der Waals surface area contributed by atoms with Crippen LogP contribution in [0.5, 0.6) is 5.75 Å². The Hall–Kier alpha value is -1.68. The van der Waals surface area contributed by atoms with Crippen molar-refractivity contribution in [2.75, 3.05) is 24.1 Å². The summed E-state index contributed by atoms with van der Waals surface area (Å²) in [5, 5.41) is 0. The lowest BCUT2D eigenvalue weighted by Crippen LogP contribution is -2.37. The van der Waals surface area contributed by atoms with Crippen molar-refractivity contribution in [3.8, 4) is 5.75 Å². The van der Waals surface area contributed by atoms with Gasteiger partial charge in [-0.3, -0.25) is 4.72 Å². The van der Waals surface area contributed by atoms with Gasteiger partial charge in [-0.25, -0.2) is 0 Å². The molecule has 0 atom stereocenters. The number of nitrogens with one attached hydrogen (secondary N) is 2. The van der Waals surface area contributed by atoms with Crippen LogP contribution < -0.4 is 19.9 Å². The zero-order valence-corrected chi connectivity index (χ0v) is 10.6. The van der Waals surface area contributed by atoms with E-state index in [1.165, 1.54) is 30.0 Å². The zero-order valence-electron chi connectivity index (χ0n) is 9.78. The number of anilines is 2. The molecule has 0 heterocycles. The van der Waals surface area contributed by atoms with Crippen molar-refractivity contribution in [3.05, 3.63) is 18.2 Å². The Kier molecular flexibility index (Phi) is 4.48. The van der Waals surface area contributed by atoms with Gasteiger partial charge in [0.1, 0.15) is 12.3 Å². The van der Waals surface area contributed by atoms with Crippen molar-refractivity contribution >= 4 is 21.6 Å². The van der Waals surface area contributed by atoms with Gasteiger partial charge in [-0.1, -0.05) is 0 Å². The molecule has 4 N–H and O–H groups in total. The van der Waals surface area contributed by atoms with E-state index in [1.807, 2.05) is 4.72 Å². The smallest absolute Gasteiger partial charge is 0.402 e. The molecule has 0 fully saturated rings. The van der Waals surface area contributed by atoms with E-state index >= 15 is 0 Å². The van der Waals surface area contributed by atoms with Crippen molar-refractivity contribution in [2.45, 2.75) is 6.18 Å². The Bertz CT molecular complexity index is 545. The molecule has 0 unspecified atom stereocenters. The highest BCUT2D eigenvalue weighted by atomic mass is 32.2. The lowest BCUT2D eigenvalue weighted by molar-refractivity contribution is -0.121. The Labute approximate surface area is 107 Å². The summed E-state index contributed by atoms with van der Waals surface area (Å²) in [4.78, 5) is 0. The van der Waals surface area contributed by atoms with Gasteiger partial charge in [0, 0.05) is 6.07 Å². The second-order valence-corrected chi connectivity index (χ2v) is 4.99. The second-order valence-electron chi connectivity index (χ2n) is 3.49. The fourth-order valence-corrected chi connectivity index (χ4v) is 2.02. The lowest BCUT2D eigenvalue weighted by Gasteiger charge is -2.13. The van der Waals surface area contributed by atoms with E-state index in [1.54, 1.807) is 0 Å². The van der Waals surface area contributed by atoms with Gasteiger partial charge in [0.15, 0.2) is 0 Å². The summed E-state index contributed by atoms with van der Waals surface area (Å²) >= 11 is 0. The molecule has 1 aromatic carbocycles. The lowest BCUT2D eigenvalue weighted by atomic mass is 10.2. The summed E-state index contributed by atoms with van der Waals surface area (Å²) in [6.45, 7) is -1.67. The highest BCUT2D eigenvalue weighted by Gasteiger charge is 2.29. The van der Waals surface area contributed by atoms with Gasteiger partial charge in [-0.05, 0) is 12.1 Å². The SMILES string of the molecule is COc1ccc(NS(=O)(=O)NCC(F)(F)F)c(N)c1. The van der Waals surface area contributed by atoms with Crippen LogP contribution >= 0.6 is 0 Å². The minimum atomic E-state index is -4.64. The molecule has 6 nitrogen and oxygen atoms in total. The molecule has 0 spiro atoms. The highest BCUT2D eigenvalue weighted by Crippen LogP contribution is 2.24. The van der Waals surface area contributed by atoms with Crippen LogP contribution in [0.15, 0.2) is 18.2 Å². The molecule has 108 valence electrons. The number of halogens is 3. The predicted octanol–water partition coefficient (Wildman–Crippen LogP) is 1.09. The molecule has 0 aliphatic heterocycles. The van der Waals surface area contributed by atoms with Gasteiger partial charge in [0.05, 0.1) is 18.5 Å². The minimum Gasteiger partial charge on any atom is -0.497 e. The molecule has 0 saturated heterocycles. The van der Waals surface area contributed by atoms with Crippen molar-refractivity contribution in [1.82, 2.24) is 4.72 Å². The summed E-state index contributed by atoms with van der Waals surface area (Å²) in [6, 6.07) is 4.03. The topological polar surface area (TPSA) is 93.4 Å². The number of benzene rings is 1. The first kappa shape index (κ1) is 15.4. The minimum absolute atomic E-state index is 0.0248. The van der Waals surface area contributed by atoms with E-state index < -0.39 is 22.9 Å².